The molecule has 0 heterocycles. The fraction of sp³-hybridized carbons (Fsp3) is 0.429. The van der Waals surface area contributed by atoms with Crippen LogP contribution in [0.15, 0.2) is 54.1 Å². The fourth-order valence-electron chi connectivity index (χ4n) is 2.55. The standard InChI is InChI=1S/C21H30/c1-8-16(3)12-15-19(20(9-2)21(5,6)7)18-13-10-17(4)11-14-18/h10-15H,3,8-9H2,1-2,4-7H3/b15-12-,20-19-. The molecule has 0 radical (unpaired) electrons. The van der Waals surface area contributed by atoms with Gasteiger partial charge in [-0.05, 0) is 36.3 Å². The molecule has 0 amide bonds. The van der Waals surface area contributed by atoms with Crippen molar-refractivity contribution in [2.45, 2.75) is 54.4 Å². The molecule has 0 N–H and O–H groups in total. The molecule has 0 unspecified atom stereocenters. The monoisotopic (exact) mass is 282 g/mol. The van der Waals surface area contributed by atoms with Crippen molar-refractivity contribution in [3.05, 3.63) is 65.3 Å². The van der Waals surface area contributed by atoms with E-state index < -0.39 is 0 Å². The highest BCUT2D eigenvalue weighted by Gasteiger charge is 2.19. The lowest BCUT2D eigenvalue weighted by Crippen LogP contribution is -2.11. The molecule has 0 saturated heterocycles. The van der Waals surface area contributed by atoms with E-state index in [1.807, 2.05) is 0 Å². The van der Waals surface area contributed by atoms with Crippen LogP contribution in [0.1, 0.15) is 58.6 Å². The van der Waals surface area contributed by atoms with Gasteiger partial charge in [-0.25, -0.2) is 0 Å². The summed E-state index contributed by atoms with van der Waals surface area (Å²) in [6, 6.07) is 8.83. The van der Waals surface area contributed by atoms with Crippen LogP contribution in [-0.2, 0) is 0 Å². The van der Waals surface area contributed by atoms with Crippen LogP contribution in [0.3, 0.4) is 0 Å². The van der Waals surface area contributed by atoms with Crippen LogP contribution in [0.5, 0.6) is 0 Å². The van der Waals surface area contributed by atoms with Crippen molar-refractivity contribution in [2.24, 2.45) is 5.41 Å². The second-order valence-electron chi connectivity index (χ2n) is 6.71. The summed E-state index contributed by atoms with van der Waals surface area (Å²) < 4.78 is 0. The van der Waals surface area contributed by atoms with E-state index >= 15 is 0 Å². The topological polar surface area (TPSA) is 0 Å². The van der Waals surface area contributed by atoms with Crippen LogP contribution < -0.4 is 0 Å². The Balaban J connectivity index is 3.42. The Labute approximate surface area is 131 Å². The van der Waals surface area contributed by atoms with Crippen molar-refractivity contribution in [3.8, 4) is 0 Å². The molecular weight excluding hydrogens is 252 g/mol. The van der Waals surface area contributed by atoms with Crippen molar-refractivity contribution in [3.63, 3.8) is 0 Å². The summed E-state index contributed by atoms with van der Waals surface area (Å²) in [6.07, 6.45) is 6.47. The highest BCUT2D eigenvalue weighted by molar-refractivity contribution is 5.78. The third kappa shape index (κ3) is 5.04. The molecule has 114 valence electrons. The van der Waals surface area contributed by atoms with Crippen LogP contribution in [0.4, 0.5) is 0 Å². The summed E-state index contributed by atoms with van der Waals surface area (Å²) in [5.41, 5.74) is 6.78. The molecule has 1 rings (SSSR count). The summed E-state index contributed by atoms with van der Waals surface area (Å²) in [5, 5.41) is 0. The van der Waals surface area contributed by atoms with E-state index in [0.29, 0.717) is 0 Å². The number of aryl methyl sites for hydroxylation is 1. The third-order valence-electron chi connectivity index (χ3n) is 3.89. The highest BCUT2D eigenvalue weighted by atomic mass is 14.2. The molecule has 0 aliphatic carbocycles. The van der Waals surface area contributed by atoms with Gasteiger partial charge in [-0.3, -0.25) is 0 Å². The van der Waals surface area contributed by atoms with Gasteiger partial charge in [0.25, 0.3) is 0 Å². The molecule has 0 atom stereocenters. The normalized spacial score (nSPS) is 13.4. The van der Waals surface area contributed by atoms with Crippen molar-refractivity contribution in [1.82, 2.24) is 0 Å². The molecule has 0 aliphatic rings. The molecule has 21 heavy (non-hydrogen) atoms. The quantitative estimate of drug-likeness (QED) is 0.525. The van der Waals surface area contributed by atoms with E-state index in [0.717, 1.165) is 12.8 Å². The minimum absolute atomic E-state index is 0.173. The maximum Gasteiger partial charge on any atom is -0.0164 e. The Morgan fingerprint density at radius 2 is 1.57 bits per heavy atom. The summed E-state index contributed by atoms with van der Waals surface area (Å²) >= 11 is 0. The zero-order chi connectivity index (χ0) is 16.0. The van der Waals surface area contributed by atoms with Crippen LogP contribution in [0.25, 0.3) is 5.57 Å². The van der Waals surface area contributed by atoms with Gasteiger partial charge < -0.3 is 0 Å². The third-order valence-corrected chi connectivity index (χ3v) is 3.89. The number of benzene rings is 1. The van der Waals surface area contributed by atoms with Crippen molar-refractivity contribution < 1.29 is 0 Å². The largest absolute Gasteiger partial charge is 0.0958 e. The molecule has 0 fully saturated rings. The Bertz CT molecular complexity index is 530. The summed E-state index contributed by atoms with van der Waals surface area (Å²) in [5.74, 6) is 0. The van der Waals surface area contributed by atoms with E-state index in [1.54, 1.807) is 0 Å². The molecule has 0 bridgehead atoms. The fourth-order valence-corrected chi connectivity index (χ4v) is 2.55. The first kappa shape index (κ1) is 17.5. The zero-order valence-corrected chi connectivity index (χ0v) is 14.6. The first-order valence-corrected chi connectivity index (χ1v) is 7.96. The minimum Gasteiger partial charge on any atom is -0.0958 e. The Kier molecular flexibility index (Phi) is 6.20. The Morgan fingerprint density at radius 1 is 1.00 bits per heavy atom. The van der Waals surface area contributed by atoms with Gasteiger partial charge in [0.2, 0.25) is 0 Å². The highest BCUT2D eigenvalue weighted by Crippen LogP contribution is 2.35. The number of hydrogen-bond acceptors (Lipinski definition) is 0. The minimum atomic E-state index is 0.173. The van der Waals surface area contributed by atoms with E-state index in [1.165, 1.54) is 27.8 Å². The SMILES string of the molecule is C=C(/C=C\C(=C(/CC)C(C)(C)C)c1ccc(C)cc1)CC. The van der Waals surface area contributed by atoms with Crippen molar-refractivity contribution in [2.75, 3.05) is 0 Å². The zero-order valence-electron chi connectivity index (χ0n) is 14.6. The average molecular weight is 282 g/mol. The first-order valence-electron chi connectivity index (χ1n) is 7.96. The molecule has 0 nitrogen and oxygen atoms in total. The second-order valence-corrected chi connectivity index (χ2v) is 6.71. The predicted octanol–water partition coefficient (Wildman–Crippen LogP) is 6.73. The van der Waals surface area contributed by atoms with Crippen LogP contribution in [-0.4, -0.2) is 0 Å². The Morgan fingerprint density at radius 3 is 2.00 bits per heavy atom. The summed E-state index contributed by atoms with van der Waals surface area (Å²) in [7, 11) is 0. The van der Waals surface area contributed by atoms with Crippen LogP contribution in [0.2, 0.25) is 0 Å². The molecule has 0 heteroatoms. The van der Waals surface area contributed by atoms with Crippen LogP contribution >= 0.6 is 0 Å². The van der Waals surface area contributed by atoms with Crippen LogP contribution in [0, 0.1) is 12.3 Å². The number of hydrogen-bond donors (Lipinski definition) is 0. The van der Waals surface area contributed by atoms with E-state index in [9.17, 15) is 0 Å². The molecule has 0 aromatic heterocycles. The number of rotatable bonds is 5. The van der Waals surface area contributed by atoms with Gasteiger partial charge in [-0.1, -0.05) is 94.3 Å². The lowest BCUT2D eigenvalue weighted by molar-refractivity contribution is 0.490. The average Bonchev–Trinajstić information content (AvgIpc) is 2.42. The van der Waals surface area contributed by atoms with Gasteiger partial charge >= 0.3 is 0 Å². The molecule has 1 aromatic rings. The molecule has 0 aliphatic heterocycles. The van der Waals surface area contributed by atoms with Gasteiger partial charge in [0, 0.05) is 0 Å². The lowest BCUT2D eigenvalue weighted by Gasteiger charge is -2.25. The summed E-state index contributed by atoms with van der Waals surface area (Å²) in [4.78, 5) is 0. The van der Waals surface area contributed by atoms with Crippen molar-refractivity contribution >= 4 is 5.57 Å². The second kappa shape index (κ2) is 7.45. The van der Waals surface area contributed by atoms with E-state index in [-0.39, 0.29) is 5.41 Å². The smallest absolute Gasteiger partial charge is 0.0164 e. The Hall–Kier alpha value is -1.56. The van der Waals surface area contributed by atoms with E-state index in [4.69, 9.17) is 0 Å². The van der Waals surface area contributed by atoms with Gasteiger partial charge in [0.15, 0.2) is 0 Å². The summed E-state index contributed by atoms with van der Waals surface area (Å²) in [6.45, 7) is 17.5. The van der Waals surface area contributed by atoms with Crippen molar-refractivity contribution in [1.29, 1.82) is 0 Å². The lowest BCUT2D eigenvalue weighted by atomic mass is 9.79. The van der Waals surface area contributed by atoms with Gasteiger partial charge in [0.1, 0.15) is 0 Å². The maximum absolute atomic E-state index is 4.09. The van der Waals surface area contributed by atoms with Gasteiger partial charge in [0.05, 0.1) is 0 Å². The predicted molar refractivity (Wildman–Crippen MR) is 96.4 cm³/mol. The molecule has 1 aromatic carbocycles. The number of allylic oxidation sites excluding steroid dienone is 5. The van der Waals surface area contributed by atoms with Gasteiger partial charge in [-0.2, -0.15) is 0 Å². The molecular formula is C21H30. The van der Waals surface area contributed by atoms with Gasteiger partial charge in [-0.15, -0.1) is 0 Å². The molecule has 0 saturated carbocycles. The van der Waals surface area contributed by atoms with E-state index in [2.05, 4.69) is 84.5 Å². The maximum atomic E-state index is 4.09. The first-order chi connectivity index (χ1) is 9.79. The molecule has 0 spiro atoms.